The smallest absolute Gasteiger partial charge is 0.241 e. The first-order valence-corrected chi connectivity index (χ1v) is 3.93. The van der Waals surface area contributed by atoms with Crippen LogP contribution in [0.25, 0.3) is 0 Å². The molecule has 0 aliphatic rings. The molecular formula is C8H18N2O2. The Labute approximate surface area is 73.7 Å². The van der Waals surface area contributed by atoms with Crippen LogP contribution in [-0.4, -0.2) is 43.7 Å². The van der Waals surface area contributed by atoms with Gasteiger partial charge in [-0.05, 0) is 13.8 Å². The van der Waals surface area contributed by atoms with Crippen LogP contribution in [0.2, 0.25) is 0 Å². The van der Waals surface area contributed by atoms with E-state index in [2.05, 4.69) is 0 Å². The fourth-order valence-electron chi connectivity index (χ4n) is 0.822. The van der Waals surface area contributed by atoms with E-state index in [4.69, 9.17) is 10.5 Å². The van der Waals surface area contributed by atoms with Gasteiger partial charge >= 0.3 is 0 Å². The summed E-state index contributed by atoms with van der Waals surface area (Å²) < 4.78 is 4.84. The molecule has 0 saturated heterocycles. The van der Waals surface area contributed by atoms with E-state index in [9.17, 15) is 4.79 Å². The fourth-order valence-corrected chi connectivity index (χ4v) is 0.822. The van der Waals surface area contributed by atoms with Gasteiger partial charge in [-0.25, -0.2) is 0 Å². The van der Waals surface area contributed by atoms with Crippen molar-refractivity contribution in [2.24, 2.45) is 5.73 Å². The summed E-state index contributed by atoms with van der Waals surface area (Å²) in [7, 11) is 3.32. The Bertz CT molecular complexity index is 152. The normalized spacial score (nSPS) is 11.4. The molecule has 72 valence electrons. The number of nitrogens with two attached hydrogens (primary N) is 1. The lowest BCUT2D eigenvalue weighted by Crippen LogP contribution is -2.50. The molecule has 0 aliphatic heterocycles. The lowest BCUT2D eigenvalue weighted by atomic mass is 10.1. The van der Waals surface area contributed by atoms with Crippen LogP contribution in [0.1, 0.15) is 13.8 Å². The number of ether oxygens (including phenoxy) is 1. The summed E-state index contributed by atoms with van der Waals surface area (Å²) in [6.07, 6.45) is 0. The molecule has 0 aromatic carbocycles. The molecule has 0 heterocycles. The third-order valence-corrected chi connectivity index (χ3v) is 1.53. The van der Waals surface area contributed by atoms with Crippen molar-refractivity contribution in [3.8, 4) is 0 Å². The zero-order valence-corrected chi connectivity index (χ0v) is 8.26. The Hall–Kier alpha value is -0.610. The summed E-state index contributed by atoms with van der Waals surface area (Å²) >= 11 is 0. The average Bonchev–Trinajstić information content (AvgIpc) is 1.97. The van der Waals surface area contributed by atoms with Gasteiger partial charge in [-0.1, -0.05) is 0 Å². The first-order chi connectivity index (χ1) is 5.39. The number of rotatable bonds is 4. The fraction of sp³-hybridized carbons (Fsp3) is 0.875. The lowest BCUT2D eigenvalue weighted by Gasteiger charge is -2.25. The maximum atomic E-state index is 11.4. The molecule has 12 heavy (non-hydrogen) atoms. The minimum Gasteiger partial charge on any atom is -0.383 e. The van der Waals surface area contributed by atoms with Crippen LogP contribution in [0.4, 0.5) is 0 Å². The quantitative estimate of drug-likeness (QED) is 0.643. The molecule has 0 rings (SSSR count). The standard InChI is InChI=1S/C8H18N2O2/c1-8(2,9)7(11)10(3)5-6-12-4/h5-6,9H2,1-4H3. The van der Waals surface area contributed by atoms with Crippen LogP contribution in [0.5, 0.6) is 0 Å². The molecule has 0 aromatic rings. The highest BCUT2D eigenvalue weighted by atomic mass is 16.5. The van der Waals surface area contributed by atoms with Crippen LogP contribution in [0.15, 0.2) is 0 Å². The van der Waals surface area contributed by atoms with Gasteiger partial charge in [0.2, 0.25) is 5.91 Å². The van der Waals surface area contributed by atoms with Crippen LogP contribution >= 0.6 is 0 Å². The van der Waals surface area contributed by atoms with Crippen LogP contribution in [-0.2, 0) is 9.53 Å². The van der Waals surface area contributed by atoms with E-state index >= 15 is 0 Å². The first-order valence-electron chi connectivity index (χ1n) is 3.93. The number of nitrogens with zero attached hydrogens (tertiary/aromatic N) is 1. The molecule has 0 bridgehead atoms. The minimum absolute atomic E-state index is 0.0699. The van der Waals surface area contributed by atoms with E-state index in [1.54, 1.807) is 32.9 Å². The van der Waals surface area contributed by atoms with Gasteiger partial charge in [0, 0.05) is 20.7 Å². The van der Waals surface area contributed by atoms with Gasteiger partial charge < -0.3 is 15.4 Å². The molecule has 0 saturated carbocycles. The van der Waals surface area contributed by atoms with Gasteiger partial charge in [0.05, 0.1) is 12.1 Å². The first kappa shape index (κ1) is 11.4. The van der Waals surface area contributed by atoms with Crippen LogP contribution in [0.3, 0.4) is 0 Å². The van der Waals surface area contributed by atoms with E-state index in [0.29, 0.717) is 13.2 Å². The molecule has 0 radical (unpaired) electrons. The summed E-state index contributed by atoms with van der Waals surface area (Å²) in [6, 6.07) is 0. The Morgan fingerprint density at radius 2 is 2.08 bits per heavy atom. The maximum absolute atomic E-state index is 11.4. The molecular weight excluding hydrogens is 156 g/mol. The second-order valence-electron chi connectivity index (χ2n) is 3.44. The number of methoxy groups -OCH3 is 1. The maximum Gasteiger partial charge on any atom is 0.241 e. The van der Waals surface area contributed by atoms with Crippen molar-refractivity contribution in [3.63, 3.8) is 0 Å². The highest BCUT2D eigenvalue weighted by molar-refractivity contribution is 5.84. The summed E-state index contributed by atoms with van der Waals surface area (Å²) in [5, 5.41) is 0. The van der Waals surface area contributed by atoms with Crippen molar-refractivity contribution in [2.45, 2.75) is 19.4 Å². The molecule has 0 atom stereocenters. The van der Waals surface area contributed by atoms with E-state index < -0.39 is 5.54 Å². The summed E-state index contributed by atoms with van der Waals surface area (Å²) in [4.78, 5) is 13.0. The molecule has 0 fully saturated rings. The van der Waals surface area contributed by atoms with E-state index in [-0.39, 0.29) is 5.91 Å². The van der Waals surface area contributed by atoms with Crippen LogP contribution < -0.4 is 5.73 Å². The van der Waals surface area contributed by atoms with Crippen molar-refractivity contribution < 1.29 is 9.53 Å². The monoisotopic (exact) mass is 174 g/mol. The Kier molecular flexibility index (Phi) is 4.20. The zero-order valence-electron chi connectivity index (χ0n) is 8.26. The lowest BCUT2D eigenvalue weighted by molar-refractivity contribution is -0.134. The number of carbonyl (C=O) groups is 1. The molecule has 1 amide bonds. The van der Waals surface area contributed by atoms with E-state index in [1.165, 1.54) is 0 Å². The van der Waals surface area contributed by atoms with Crippen molar-refractivity contribution in [1.82, 2.24) is 4.90 Å². The van der Waals surface area contributed by atoms with Crippen molar-refractivity contribution in [2.75, 3.05) is 27.3 Å². The molecule has 0 unspecified atom stereocenters. The Morgan fingerprint density at radius 3 is 2.42 bits per heavy atom. The second-order valence-corrected chi connectivity index (χ2v) is 3.44. The van der Waals surface area contributed by atoms with Gasteiger partial charge in [-0.15, -0.1) is 0 Å². The summed E-state index contributed by atoms with van der Waals surface area (Å²) in [6.45, 7) is 4.51. The molecule has 4 nitrogen and oxygen atoms in total. The van der Waals surface area contributed by atoms with Gasteiger partial charge in [-0.3, -0.25) is 4.79 Å². The Balaban J connectivity index is 3.94. The number of hydrogen-bond acceptors (Lipinski definition) is 3. The molecule has 0 aromatic heterocycles. The largest absolute Gasteiger partial charge is 0.383 e. The van der Waals surface area contributed by atoms with Gasteiger partial charge in [0.25, 0.3) is 0 Å². The SMILES string of the molecule is COCCN(C)C(=O)C(C)(C)N. The number of carbonyl (C=O) groups excluding carboxylic acids is 1. The van der Waals surface area contributed by atoms with Gasteiger partial charge in [0.1, 0.15) is 0 Å². The molecule has 0 aliphatic carbocycles. The minimum atomic E-state index is -0.789. The van der Waals surface area contributed by atoms with Crippen molar-refractivity contribution in [3.05, 3.63) is 0 Å². The van der Waals surface area contributed by atoms with Crippen molar-refractivity contribution >= 4 is 5.91 Å². The highest BCUT2D eigenvalue weighted by Gasteiger charge is 2.24. The van der Waals surface area contributed by atoms with Crippen LogP contribution in [0, 0.1) is 0 Å². The summed E-state index contributed by atoms with van der Waals surface area (Å²) in [5.74, 6) is -0.0699. The Morgan fingerprint density at radius 1 is 1.58 bits per heavy atom. The number of amides is 1. The summed E-state index contributed by atoms with van der Waals surface area (Å²) in [5.41, 5.74) is 4.83. The molecule has 0 spiro atoms. The van der Waals surface area contributed by atoms with Gasteiger partial charge in [-0.2, -0.15) is 0 Å². The molecule has 4 heteroatoms. The van der Waals surface area contributed by atoms with Crippen molar-refractivity contribution in [1.29, 1.82) is 0 Å². The second kappa shape index (κ2) is 4.42. The van der Waals surface area contributed by atoms with E-state index in [1.807, 2.05) is 0 Å². The third-order valence-electron chi connectivity index (χ3n) is 1.53. The van der Waals surface area contributed by atoms with E-state index in [0.717, 1.165) is 0 Å². The highest BCUT2D eigenvalue weighted by Crippen LogP contribution is 2.01. The predicted molar refractivity (Wildman–Crippen MR) is 47.8 cm³/mol. The molecule has 2 N–H and O–H groups in total. The number of likely N-dealkylation sites (N-methyl/N-ethyl adjacent to an activating group) is 1. The average molecular weight is 174 g/mol. The number of hydrogen-bond donors (Lipinski definition) is 1. The predicted octanol–water partition coefficient (Wildman–Crippen LogP) is -0.171. The zero-order chi connectivity index (χ0) is 9.78. The third kappa shape index (κ3) is 3.69. The van der Waals surface area contributed by atoms with Gasteiger partial charge in [0.15, 0.2) is 0 Å². The topological polar surface area (TPSA) is 55.6 Å².